The number of aryl methyl sites for hydroxylation is 1. The van der Waals surface area contributed by atoms with Gasteiger partial charge in [-0.1, -0.05) is 21.1 Å². The molecule has 2 rings (SSSR count). The van der Waals surface area contributed by atoms with Crippen LogP contribution in [0.25, 0.3) is 0 Å². The van der Waals surface area contributed by atoms with E-state index in [1.807, 2.05) is 19.1 Å². The van der Waals surface area contributed by atoms with E-state index in [4.69, 9.17) is 0 Å². The van der Waals surface area contributed by atoms with Gasteiger partial charge in [-0.3, -0.25) is 4.79 Å². The lowest BCUT2D eigenvalue weighted by Gasteiger charge is -2.04. The largest absolute Gasteiger partial charge is 0.364 e. The molecule has 0 aliphatic carbocycles. The van der Waals surface area contributed by atoms with E-state index in [-0.39, 0.29) is 5.91 Å². The Kier molecular flexibility index (Phi) is 3.58. The number of carbonyl (C=O) groups is 1. The second-order valence-corrected chi connectivity index (χ2v) is 4.61. The van der Waals surface area contributed by atoms with Crippen molar-refractivity contribution in [1.29, 1.82) is 0 Å². The zero-order valence-corrected chi connectivity index (χ0v) is 10.8. The predicted molar refractivity (Wildman–Crippen MR) is 66.6 cm³/mol. The highest BCUT2D eigenvalue weighted by atomic mass is 79.9. The van der Waals surface area contributed by atoms with Crippen LogP contribution in [-0.4, -0.2) is 11.1 Å². The van der Waals surface area contributed by atoms with E-state index in [9.17, 15) is 4.79 Å². The number of halogens is 1. The maximum Gasteiger partial charge on any atom is 0.251 e. The van der Waals surface area contributed by atoms with E-state index < -0.39 is 0 Å². The first-order chi connectivity index (χ1) is 8.15. The van der Waals surface area contributed by atoms with Crippen molar-refractivity contribution in [1.82, 2.24) is 10.5 Å². The van der Waals surface area contributed by atoms with Gasteiger partial charge in [0.05, 0.1) is 6.54 Å². The number of hydrogen-bond acceptors (Lipinski definition) is 3. The molecule has 0 saturated heterocycles. The van der Waals surface area contributed by atoms with E-state index in [1.165, 1.54) is 6.26 Å². The summed E-state index contributed by atoms with van der Waals surface area (Å²) in [5.41, 5.74) is 2.36. The molecule has 2 aromatic rings. The van der Waals surface area contributed by atoms with Crippen LogP contribution < -0.4 is 5.32 Å². The summed E-state index contributed by atoms with van der Waals surface area (Å²) in [5, 5.41) is 6.49. The summed E-state index contributed by atoms with van der Waals surface area (Å²) in [5.74, 6) is -0.127. The summed E-state index contributed by atoms with van der Waals surface area (Å²) in [4.78, 5) is 11.9. The Hall–Kier alpha value is -1.62. The minimum Gasteiger partial charge on any atom is -0.364 e. The van der Waals surface area contributed by atoms with Crippen LogP contribution in [0.5, 0.6) is 0 Å². The number of nitrogens with one attached hydrogen (secondary N) is 1. The van der Waals surface area contributed by atoms with Gasteiger partial charge in [0.15, 0.2) is 0 Å². The Morgan fingerprint density at radius 3 is 2.94 bits per heavy atom. The third kappa shape index (κ3) is 3.17. The summed E-state index contributed by atoms with van der Waals surface area (Å²) >= 11 is 3.36. The smallest absolute Gasteiger partial charge is 0.251 e. The number of hydrogen-bond donors (Lipinski definition) is 1. The Bertz CT molecular complexity index is 503. The Morgan fingerprint density at radius 1 is 1.47 bits per heavy atom. The average molecular weight is 295 g/mol. The first kappa shape index (κ1) is 11.9. The van der Waals surface area contributed by atoms with Crippen LogP contribution in [-0.2, 0) is 6.54 Å². The number of benzene rings is 1. The van der Waals surface area contributed by atoms with E-state index in [0.29, 0.717) is 17.8 Å². The van der Waals surface area contributed by atoms with Gasteiger partial charge >= 0.3 is 0 Å². The molecule has 0 aliphatic heterocycles. The van der Waals surface area contributed by atoms with Crippen molar-refractivity contribution in [2.45, 2.75) is 13.5 Å². The van der Waals surface area contributed by atoms with E-state index in [0.717, 1.165) is 10.0 Å². The van der Waals surface area contributed by atoms with Crippen molar-refractivity contribution in [3.05, 3.63) is 51.8 Å². The fraction of sp³-hybridized carbons (Fsp3) is 0.167. The molecule has 1 heterocycles. The average Bonchev–Trinajstić information content (AvgIpc) is 2.77. The molecule has 5 heteroatoms. The maximum absolute atomic E-state index is 11.9. The molecule has 1 aromatic carbocycles. The van der Waals surface area contributed by atoms with Gasteiger partial charge in [0.25, 0.3) is 5.91 Å². The number of rotatable bonds is 3. The SMILES string of the molecule is Cc1cc(Br)cc(C(=O)NCc2ccon2)c1. The molecule has 0 aliphatic rings. The Morgan fingerprint density at radius 2 is 2.29 bits per heavy atom. The van der Waals surface area contributed by atoms with Crippen LogP contribution >= 0.6 is 15.9 Å². The lowest BCUT2D eigenvalue weighted by atomic mass is 10.1. The molecule has 1 amide bonds. The summed E-state index contributed by atoms with van der Waals surface area (Å²) in [6.07, 6.45) is 1.48. The Labute approximate surface area is 107 Å². The molecule has 0 fully saturated rings. The molecule has 0 radical (unpaired) electrons. The number of amides is 1. The van der Waals surface area contributed by atoms with Crippen LogP contribution in [0.15, 0.2) is 39.5 Å². The quantitative estimate of drug-likeness (QED) is 0.947. The zero-order chi connectivity index (χ0) is 12.3. The highest BCUT2D eigenvalue weighted by Crippen LogP contribution is 2.15. The van der Waals surface area contributed by atoms with Gasteiger partial charge in [-0.15, -0.1) is 0 Å². The van der Waals surface area contributed by atoms with Gasteiger partial charge in [0.1, 0.15) is 12.0 Å². The number of carbonyl (C=O) groups excluding carboxylic acids is 1. The van der Waals surface area contributed by atoms with Crippen molar-refractivity contribution in [2.75, 3.05) is 0 Å². The molecule has 0 spiro atoms. The van der Waals surface area contributed by atoms with Gasteiger partial charge in [-0.25, -0.2) is 0 Å². The van der Waals surface area contributed by atoms with Crippen molar-refractivity contribution in [2.24, 2.45) is 0 Å². The minimum atomic E-state index is -0.127. The van der Waals surface area contributed by atoms with E-state index >= 15 is 0 Å². The number of aromatic nitrogens is 1. The molecule has 0 saturated carbocycles. The van der Waals surface area contributed by atoms with Crippen LogP contribution in [0.4, 0.5) is 0 Å². The minimum absolute atomic E-state index is 0.127. The van der Waals surface area contributed by atoms with Crippen molar-refractivity contribution >= 4 is 21.8 Å². The van der Waals surface area contributed by atoms with E-state index in [1.54, 1.807) is 12.1 Å². The normalized spacial score (nSPS) is 10.2. The van der Waals surface area contributed by atoms with E-state index in [2.05, 4.69) is 30.9 Å². The monoisotopic (exact) mass is 294 g/mol. The Balaban J connectivity index is 2.04. The zero-order valence-electron chi connectivity index (χ0n) is 9.24. The fourth-order valence-corrected chi connectivity index (χ4v) is 2.08. The third-order valence-electron chi connectivity index (χ3n) is 2.23. The summed E-state index contributed by atoms with van der Waals surface area (Å²) in [6, 6.07) is 7.29. The molecule has 1 N–H and O–H groups in total. The van der Waals surface area contributed by atoms with Gasteiger partial charge in [0, 0.05) is 16.1 Å². The highest BCUT2D eigenvalue weighted by molar-refractivity contribution is 9.10. The molecule has 88 valence electrons. The second kappa shape index (κ2) is 5.14. The number of nitrogens with zero attached hydrogens (tertiary/aromatic N) is 1. The third-order valence-corrected chi connectivity index (χ3v) is 2.68. The van der Waals surface area contributed by atoms with Gasteiger partial charge in [-0.05, 0) is 30.7 Å². The van der Waals surface area contributed by atoms with Crippen molar-refractivity contribution in [3.8, 4) is 0 Å². The summed E-state index contributed by atoms with van der Waals surface area (Å²) in [6.45, 7) is 2.31. The van der Waals surface area contributed by atoms with Crippen molar-refractivity contribution < 1.29 is 9.32 Å². The second-order valence-electron chi connectivity index (χ2n) is 3.69. The maximum atomic E-state index is 11.9. The summed E-state index contributed by atoms with van der Waals surface area (Å²) < 4.78 is 5.57. The molecule has 0 unspecified atom stereocenters. The predicted octanol–water partition coefficient (Wildman–Crippen LogP) is 2.68. The van der Waals surface area contributed by atoms with Crippen LogP contribution in [0.2, 0.25) is 0 Å². The first-order valence-corrected chi connectivity index (χ1v) is 5.89. The molecule has 1 aromatic heterocycles. The molecule has 4 nitrogen and oxygen atoms in total. The van der Waals surface area contributed by atoms with Crippen LogP contribution in [0, 0.1) is 6.92 Å². The van der Waals surface area contributed by atoms with Gasteiger partial charge in [-0.2, -0.15) is 0 Å². The topological polar surface area (TPSA) is 55.1 Å². The first-order valence-electron chi connectivity index (χ1n) is 5.10. The van der Waals surface area contributed by atoms with Gasteiger partial charge in [0.2, 0.25) is 0 Å². The van der Waals surface area contributed by atoms with Crippen LogP contribution in [0.3, 0.4) is 0 Å². The molecule has 17 heavy (non-hydrogen) atoms. The van der Waals surface area contributed by atoms with Crippen molar-refractivity contribution in [3.63, 3.8) is 0 Å². The lowest BCUT2D eigenvalue weighted by molar-refractivity contribution is 0.0950. The lowest BCUT2D eigenvalue weighted by Crippen LogP contribution is -2.23. The molecular formula is C12H11BrN2O2. The molecular weight excluding hydrogens is 284 g/mol. The highest BCUT2D eigenvalue weighted by Gasteiger charge is 2.07. The molecule has 0 atom stereocenters. The van der Waals surface area contributed by atoms with Gasteiger partial charge < -0.3 is 9.84 Å². The standard InChI is InChI=1S/C12H11BrN2O2/c1-8-4-9(6-10(13)5-8)12(16)14-7-11-2-3-17-15-11/h2-6H,7H2,1H3,(H,14,16). The molecule has 0 bridgehead atoms. The summed E-state index contributed by atoms with van der Waals surface area (Å²) in [7, 11) is 0. The fourth-order valence-electron chi connectivity index (χ4n) is 1.47. The van der Waals surface area contributed by atoms with Crippen LogP contribution in [0.1, 0.15) is 21.6 Å².